The van der Waals surface area contributed by atoms with Crippen LogP contribution in [0.1, 0.15) is 48.9 Å². The van der Waals surface area contributed by atoms with Gasteiger partial charge in [0, 0.05) is 12.8 Å². The first kappa shape index (κ1) is 25.3. The van der Waals surface area contributed by atoms with E-state index in [1.807, 2.05) is 12.1 Å². The van der Waals surface area contributed by atoms with Crippen LogP contribution in [0.5, 0.6) is 0 Å². The number of benzene rings is 1. The zero-order valence-electron chi connectivity index (χ0n) is 20.5. The molecule has 4 rings (SSSR count). The fraction of sp³-hybridized carbons (Fsp3) is 0.593. The summed E-state index contributed by atoms with van der Waals surface area (Å²) in [6.07, 6.45) is 5.15. The van der Waals surface area contributed by atoms with E-state index in [1.165, 1.54) is 0 Å². The predicted molar refractivity (Wildman–Crippen MR) is 133 cm³/mol. The molecular weight excluding hydrogens is 448 g/mol. The van der Waals surface area contributed by atoms with Gasteiger partial charge >= 0.3 is 5.97 Å². The molecule has 2 aliphatic heterocycles. The van der Waals surface area contributed by atoms with Crippen molar-refractivity contribution >= 4 is 14.0 Å². The number of rotatable bonds is 7. The Kier molecular flexibility index (Phi) is 7.79. The normalized spacial score (nSPS) is 31.8. The molecule has 1 unspecified atom stereocenters. The fourth-order valence-corrected chi connectivity index (χ4v) is 5.87. The second-order valence-corrected chi connectivity index (χ2v) is 15.8. The number of aliphatic hydroxyl groups is 1. The maximum Gasteiger partial charge on any atom is 0.338 e. The molecule has 1 aliphatic carbocycles. The number of fused-ring (bicyclic) bond motifs is 1. The van der Waals surface area contributed by atoms with Crippen molar-refractivity contribution in [3.8, 4) is 0 Å². The van der Waals surface area contributed by atoms with Gasteiger partial charge in [0.15, 0.2) is 11.9 Å². The first-order valence-corrected chi connectivity index (χ1v) is 16.0. The first-order chi connectivity index (χ1) is 16.2. The molecule has 2 saturated heterocycles. The van der Waals surface area contributed by atoms with Gasteiger partial charge in [-0.3, -0.25) is 0 Å². The summed E-state index contributed by atoms with van der Waals surface area (Å²) in [5.41, 5.74) is 2.59. The minimum atomic E-state index is -1.51. The second kappa shape index (κ2) is 10.5. The molecule has 34 heavy (non-hydrogen) atoms. The lowest BCUT2D eigenvalue weighted by atomic mass is 9.90. The third kappa shape index (κ3) is 5.71. The van der Waals surface area contributed by atoms with Crippen LogP contribution in [0.2, 0.25) is 19.6 Å². The van der Waals surface area contributed by atoms with Gasteiger partial charge in [0.05, 0.1) is 13.6 Å². The van der Waals surface area contributed by atoms with Crippen molar-refractivity contribution in [1.82, 2.24) is 0 Å². The average Bonchev–Trinajstić information content (AvgIpc) is 3.17. The van der Waals surface area contributed by atoms with Gasteiger partial charge in [0.25, 0.3) is 0 Å². The topological polar surface area (TPSA) is 74.2 Å². The predicted octanol–water partition coefficient (Wildman–Crippen LogP) is 4.79. The van der Waals surface area contributed by atoms with Gasteiger partial charge in [-0.25, -0.2) is 4.79 Å². The molecule has 1 saturated carbocycles. The fourth-order valence-electron chi connectivity index (χ4n) is 5.09. The molecule has 0 bridgehead atoms. The molecule has 3 fully saturated rings. The first-order valence-electron chi connectivity index (χ1n) is 12.5. The van der Waals surface area contributed by atoms with Gasteiger partial charge in [-0.15, -0.1) is 6.58 Å². The number of hydrogen-bond donors (Lipinski definition) is 1. The maximum absolute atomic E-state index is 13.0. The molecular formula is C27H38O6Si. The molecule has 186 valence electrons. The number of ether oxygens (including phenoxy) is 4. The Balaban J connectivity index is 1.63. The van der Waals surface area contributed by atoms with Crippen LogP contribution < -0.4 is 0 Å². The molecule has 3 aliphatic rings. The van der Waals surface area contributed by atoms with Crippen LogP contribution in [-0.4, -0.2) is 61.6 Å². The largest absolute Gasteiger partial charge is 0.453 e. The standard InChI is InChI=1S/C27H38O6Si/c1-5-12-21-23(31-26(29)19-13-8-6-9-14-19)25-24(32-27(33-25)16-10-7-11-17-27)22(30-21)20(28)15-18-34(2,3)4/h5-6,8-9,13-15,18,20-25,28H,1,7,10-12,16-17H2,2-4H3/b18-15+/t20?,21-,22-,23-,24+,25-/m0/s1. The highest BCUT2D eigenvalue weighted by molar-refractivity contribution is 6.80. The Labute approximate surface area is 203 Å². The zero-order valence-corrected chi connectivity index (χ0v) is 21.5. The summed E-state index contributed by atoms with van der Waals surface area (Å²) in [5, 5.41) is 11.1. The Hall–Kier alpha value is -1.77. The Morgan fingerprint density at radius 3 is 2.50 bits per heavy atom. The Bertz CT molecular complexity index is 873. The third-order valence-electron chi connectivity index (χ3n) is 6.77. The monoisotopic (exact) mass is 486 g/mol. The number of carbonyl (C=O) groups is 1. The molecule has 0 amide bonds. The maximum atomic E-state index is 13.0. The smallest absolute Gasteiger partial charge is 0.338 e. The number of hydrogen-bond acceptors (Lipinski definition) is 6. The number of aliphatic hydroxyl groups excluding tert-OH is 1. The summed E-state index contributed by atoms with van der Waals surface area (Å²) < 4.78 is 25.6. The molecule has 0 aromatic heterocycles. The van der Waals surface area contributed by atoms with Gasteiger partial charge in [-0.1, -0.05) is 62.1 Å². The Morgan fingerprint density at radius 1 is 1.18 bits per heavy atom. The molecule has 0 radical (unpaired) electrons. The quantitative estimate of drug-likeness (QED) is 0.339. The van der Waals surface area contributed by atoms with Crippen molar-refractivity contribution in [1.29, 1.82) is 0 Å². The zero-order chi connectivity index (χ0) is 24.3. The lowest BCUT2D eigenvalue weighted by Crippen LogP contribution is -2.60. The SMILES string of the molecule is C=CC[C@@H]1O[C@@H](C(O)/C=C/[Si](C)(C)C)[C@H]2OC3(CCCCC3)O[C@H]2[C@H]1OC(=O)c1ccccc1. The summed E-state index contributed by atoms with van der Waals surface area (Å²) in [4.78, 5) is 13.0. The summed E-state index contributed by atoms with van der Waals surface area (Å²) >= 11 is 0. The molecule has 2 heterocycles. The van der Waals surface area contributed by atoms with E-state index in [0.29, 0.717) is 12.0 Å². The van der Waals surface area contributed by atoms with Crippen LogP contribution in [0, 0.1) is 0 Å². The van der Waals surface area contributed by atoms with E-state index in [4.69, 9.17) is 18.9 Å². The second-order valence-electron chi connectivity index (χ2n) is 10.8. The van der Waals surface area contributed by atoms with E-state index in [9.17, 15) is 9.90 Å². The lowest BCUT2D eigenvalue weighted by molar-refractivity contribution is -0.207. The van der Waals surface area contributed by atoms with E-state index in [1.54, 1.807) is 30.3 Å². The summed E-state index contributed by atoms with van der Waals surface area (Å²) in [5.74, 6) is -1.13. The highest BCUT2D eigenvalue weighted by Crippen LogP contribution is 2.46. The van der Waals surface area contributed by atoms with Crippen LogP contribution in [0.25, 0.3) is 0 Å². The van der Waals surface area contributed by atoms with Gasteiger partial charge < -0.3 is 24.1 Å². The van der Waals surface area contributed by atoms with E-state index in [0.717, 1.165) is 32.1 Å². The highest BCUT2D eigenvalue weighted by Gasteiger charge is 2.60. The van der Waals surface area contributed by atoms with E-state index in [2.05, 4.69) is 31.9 Å². The third-order valence-corrected chi connectivity index (χ3v) is 7.96. The highest BCUT2D eigenvalue weighted by atomic mass is 28.3. The van der Waals surface area contributed by atoms with Gasteiger partial charge in [0.2, 0.25) is 0 Å². The Morgan fingerprint density at radius 2 is 1.85 bits per heavy atom. The summed E-state index contributed by atoms with van der Waals surface area (Å²) in [7, 11) is -1.51. The van der Waals surface area contributed by atoms with Crippen molar-refractivity contribution in [3.05, 3.63) is 60.3 Å². The van der Waals surface area contributed by atoms with Gasteiger partial charge in [0.1, 0.15) is 30.5 Å². The van der Waals surface area contributed by atoms with E-state index in [-0.39, 0.29) is 0 Å². The molecule has 6 nitrogen and oxygen atoms in total. The summed E-state index contributed by atoms with van der Waals surface area (Å²) in [6, 6.07) is 8.93. The minimum absolute atomic E-state index is 0.423. The van der Waals surface area contributed by atoms with Crippen LogP contribution in [0.15, 0.2) is 54.8 Å². The minimum Gasteiger partial charge on any atom is -0.453 e. The van der Waals surface area contributed by atoms with Crippen molar-refractivity contribution in [2.75, 3.05) is 0 Å². The molecule has 1 aromatic carbocycles. The van der Waals surface area contributed by atoms with Crippen LogP contribution in [0.3, 0.4) is 0 Å². The number of carbonyl (C=O) groups excluding carboxylic acids is 1. The van der Waals surface area contributed by atoms with Gasteiger partial charge in [-0.2, -0.15) is 0 Å². The van der Waals surface area contributed by atoms with Crippen molar-refractivity contribution in [2.45, 2.75) is 101 Å². The van der Waals surface area contributed by atoms with Crippen LogP contribution in [0.4, 0.5) is 0 Å². The average molecular weight is 487 g/mol. The molecule has 1 N–H and O–H groups in total. The van der Waals surface area contributed by atoms with Crippen molar-refractivity contribution in [3.63, 3.8) is 0 Å². The van der Waals surface area contributed by atoms with E-state index < -0.39 is 56.5 Å². The molecule has 7 heteroatoms. The van der Waals surface area contributed by atoms with Gasteiger partial charge in [-0.05, 0) is 31.4 Å². The molecule has 1 spiro atoms. The van der Waals surface area contributed by atoms with Crippen LogP contribution in [-0.2, 0) is 18.9 Å². The lowest BCUT2D eigenvalue weighted by Gasteiger charge is -2.42. The number of esters is 1. The van der Waals surface area contributed by atoms with Crippen LogP contribution >= 0.6 is 0 Å². The van der Waals surface area contributed by atoms with Crippen molar-refractivity contribution in [2.24, 2.45) is 0 Å². The molecule has 1 aromatic rings. The van der Waals surface area contributed by atoms with E-state index >= 15 is 0 Å². The summed E-state index contributed by atoms with van der Waals surface area (Å²) in [6.45, 7) is 10.5. The molecule has 6 atom stereocenters. The van der Waals surface area contributed by atoms with Crippen molar-refractivity contribution < 1.29 is 28.8 Å².